The van der Waals surface area contributed by atoms with Crippen molar-refractivity contribution in [2.24, 2.45) is 0 Å². The van der Waals surface area contributed by atoms with E-state index in [4.69, 9.17) is 4.74 Å². The molecule has 1 saturated heterocycles. The van der Waals surface area contributed by atoms with Crippen molar-refractivity contribution in [3.63, 3.8) is 0 Å². The van der Waals surface area contributed by atoms with Crippen LogP contribution in [0, 0.1) is 6.92 Å². The first-order chi connectivity index (χ1) is 17.0. The van der Waals surface area contributed by atoms with Crippen molar-refractivity contribution in [2.45, 2.75) is 32.2 Å². The number of anilines is 1. The zero-order valence-electron chi connectivity index (χ0n) is 20.4. The normalized spacial score (nSPS) is 13.8. The first kappa shape index (κ1) is 24.3. The van der Waals surface area contributed by atoms with Gasteiger partial charge in [0.25, 0.3) is 11.8 Å². The van der Waals surface area contributed by atoms with Gasteiger partial charge in [0.1, 0.15) is 5.75 Å². The second-order valence-corrected chi connectivity index (χ2v) is 8.97. The van der Waals surface area contributed by atoms with E-state index in [1.54, 1.807) is 7.11 Å². The predicted octanol–water partition coefficient (Wildman–Crippen LogP) is 4.37. The van der Waals surface area contributed by atoms with E-state index in [0.29, 0.717) is 17.7 Å². The molecule has 6 nitrogen and oxygen atoms in total. The molecule has 0 aliphatic carbocycles. The average molecular weight is 472 g/mol. The summed E-state index contributed by atoms with van der Waals surface area (Å²) in [5, 5.41) is 6.22. The quantitative estimate of drug-likeness (QED) is 0.512. The van der Waals surface area contributed by atoms with Gasteiger partial charge in [0, 0.05) is 36.9 Å². The highest BCUT2D eigenvalue weighted by atomic mass is 16.5. The van der Waals surface area contributed by atoms with Crippen LogP contribution in [0.15, 0.2) is 72.8 Å². The Kier molecular flexibility index (Phi) is 8.03. The van der Waals surface area contributed by atoms with Gasteiger partial charge in [-0.05, 0) is 68.1 Å². The molecule has 0 spiro atoms. The molecule has 182 valence electrons. The van der Waals surface area contributed by atoms with Crippen LogP contribution in [0.5, 0.6) is 5.75 Å². The minimum atomic E-state index is -0.0658. The highest BCUT2D eigenvalue weighted by molar-refractivity contribution is 6.00. The second kappa shape index (κ2) is 11.6. The number of aryl methyl sites for hydroxylation is 1. The van der Waals surface area contributed by atoms with Crippen LogP contribution < -0.4 is 20.3 Å². The summed E-state index contributed by atoms with van der Waals surface area (Å²) in [6, 6.07) is 23.4. The average Bonchev–Trinajstić information content (AvgIpc) is 2.90. The van der Waals surface area contributed by atoms with Crippen LogP contribution >= 0.6 is 0 Å². The molecular weight excluding hydrogens is 438 g/mol. The molecule has 2 amide bonds. The molecule has 1 fully saturated rings. The molecule has 3 aromatic carbocycles. The van der Waals surface area contributed by atoms with E-state index in [-0.39, 0.29) is 17.9 Å². The van der Waals surface area contributed by atoms with Crippen molar-refractivity contribution < 1.29 is 14.3 Å². The molecule has 3 aromatic rings. The fourth-order valence-corrected chi connectivity index (χ4v) is 4.39. The number of piperidine rings is 1. The van der Waals surface area contributed by atoms with Gasteiger partial charge in [-0.2, -0.15) is 0 Å². The first-order valence-corrected chi connectivity index (χ1v) is 12.2. The number of rotatable bonds is 8. The maximum absolute atomic E-state index is 13.0. The molecule has 1 heterocycles. The van der Waals surface area contributed by atoms with Gasteiger partial charge in [0.15, 0.2) is 0 Å². The summed E-state index contributed by atoms with van der Waals surface area (Å²) < 4.78 is 5.20. The van der Waals surface area contributed by atoms with Gasteiger partial charge < -0.3 is 20.3 Å². The van der Waals surface area contributed by atoms with Crippen molar-refractivity contribution in [2.75, 3.05) is 31.6 Å². The zero-order valence-corrected chi connectivity index (χ0v) is 20.4. The standard InChI is InChI=1S/C29H33N3O3/c1-21-7-11-23(12-8-21)28(33)31-24-16-19-32(20-17-24)27-6-4-3-5-26(27)29(34)30-18-15-22-9-13-25(35-2)14-10-22/h3-14,24H,15-20H2,1-2H3,(H,30,34)(H,31,33). The molecule has 0 aromatic heterocycles. The molecule has 6 heteroatoms. The third kappa shape index (κ3) is 6.41. The molecule has 1 aliphatic rings. The molecule has 0 bridgehead atoms. The van der Waals surface area contributed by atoms with E-state index in [9.17, 15) is 9.59 Å². The number of hydrogen-bond acceptors (Lipinski definition) is 4. The number of carbonyl (C=O) groups is 2. The number of carbonyl (C=O) groups excluding carboxylic acids is 2. The van der Waals surface area contributed by atoms with Crippen molar-refractivity contribution >= 4 is 17.5 Å². The summed E-state index contributed by atoms with van der Waals surface area (Å²) in [5.41, 5.74) is 4.60. The fraction of sp³-hybridized carbons (Fsp3) is 0.310. The number of benzene rings is 3. The zero-order chi connectivity index (χ0) is 24.6. The predicted molar refractivity (Wildman–Crippen MR) is 139 cm³/mol. The Hall–Kier alpha value is -3.80. The van der Waals surface area contributed by atoms with E-state index >= 15 is 0 Å². The Balaban J connectivity index is 1.30. The molecule has 1 aliphatic heterocycles. The van der Waals surface area contributed by atoms with Crippen molar-refractivity contribution in [1.82, 2.24) is 10.6 Å². The Labute approximate surface area is 207 Å². The Morgan fingerprint density at radius 1 is 0.914 bits per heavy atom. The minimum absolute atomic E-state index is 0.0277. The van der Waals surface area contributed by atoms with Gasteiger partial charge in [0.05, 0.1) is 12.7 Å². The summed E-state index contributed by atoms with van der Waals surface area (Å²) in [6.45, 7) is 4.15. The monoisotopic (exact) mass is 471 g/mol. The molecular formula is C29H33N3O3. The van der Waals surface area contributed by atoms with E-state index in [2.05, 4.69) is 15.5 Å². The number of nitrogens with zero attached hydrogens (tertiary/aromatic N) is 1. The maximum Gasteiger partial charge on any atom is 0.253 e. The Bertz CT molecular complexity index is 1130. The SMILES string of the molecule is COc1ccc(CCNC(=O)c2ccccc2N2CCC(NC(=O)c3ccc(C)cc3)CC2)cc1. The number of methoxy groups -OCH3 is 1. The summed E-state index contributed by atoms with van der Waals surface area (Å²) in [5.74, 6) is 0.731. The van der Waals surface area contributed by atoms with Gasteiger partial charge in [-0.25, -0.2) is 0 Å². The maximum atomic E-state index is 13.0. The first-order valence-electron chi connectivity index (χ1n) is 12.2. The van der Waals surface area contributed by atoms with E-state index in [1.807, 2.05) is 79.7 Å². The molecule has 0 unspecified atom stereocenters. The fourth-order valence-electron chi connectivity index (χ4n) is 4.39. The molecule has 0 atom stereocenters. The second-order valence-electron chi connectivity index (χ2n) is 8.97. The summed E-state index contributed by atoms with van der Waals surface area (Å²) in [7, 11) is 1.65. The summed E-state index contributed by atoms with van der Waals surface area (Å²) >= 11 is 0. The number of ether oxygens (including phenoxy) is 1. The third-order valence-corrected chi connectivity index (χ3v) is 6.49. The van der Waals surface area contributed by atoms with Crippen LogP contribution in [0.3, 0.4) is 0 Å². The van der Waals surface area contributed by atoms with Crippen LogP contribution in [-0.2, 0) is 6.42 Å². The van der Waals surface area contributed by atoms with Crippen molar-refractivity contribution in [1.29, 1.82) is 0 Å². The molecule has 35 heavy (non-hydrogen) atoms. The topological polar surface area (TPSA) is 70.7 Å². The Morgan fingerprint density at radius 2 is 1.60 bits per heavy atom. The molecule has 0 radical (unpaired) electrons. The van der Waals surface area contributed by atoms with Gasteiger partial charge in [-0.1, -0.05) is 42.0 Å². The van der Waals surface area contributed by atoms with Crippen molar-refractivity contribution in [3.8, 4) is 5.75 Å². The highest BCUT2D eigenvalue weighted by Gasteiger charge is 2.24. The molecule has 4 rings (SSSR count). The highest BCUT2D eigenvalue weighted by Crippen LogP contribution is 2.24. The van der Waals surface area contributed by atoms with Crippen LogP contribution in [0.4, 0.5) is 5.69 Å². The lowest BCUT2D eigenvalue weighted by Gasteiger charge is -2.35. The lowest BCUT2D eigenvalue weighted by Crippen LogP contribution is -2.45. The molecule has 0 saturated carbocycles. The smallest absolute Gasteiger partial charge is 0.253 e. The van der Waals surface area contributed by atoms with E-state index in [0.717, 1.165) is 54.9 Å². The summed E-state index contributed by atoms with van der Waals surface area (Å²) in [6.07, 6.45) is 2.43. The third-order valence-electron chi connectivity index (χ3n) is 6.49. The minimum Gasteiger partial charge on any atom is -0.497 e. The largest absolute Gasteiger partial charge is 0.497 e. The van der Waals surface area contributed by atoms with Crippen LogP contribution in [0.25, 0.3) is 0 Å². The van der Waals surface area contributed by atoms with E-state index in [1.165, 1.54) is 0 Å². The lowest BCUT2D eigenvalue weighted by atomic mass is 10.0. The summed E-state index contributed by atoms with van der Waals surface area (Å²) in [4.78, 5) is 27.8. The number of nitrogens with one attached hydrogen (secondary N) is 2. The van der Waals surface area contributed by atoms with Crippen LogP contribution in [0.1, 0.15) is 44.7 Å². The van der Waals surface area contributed by atoms with Gasteiger partial charge in [0.2, 0.25) is 0 Å². The number of para-hydroxylation sites is 1. The number of hydrogen-bond donors (Lipinski definition) is 2. The van der Waals surface area contributed by atoms with Gasteiger partial charge in [-0.3, -0.25) is 9.59 Å². The van der Waals surface area contributed by atoms with Crippen LogP contribution in [0.2, 0.25) is 0 Å². The number of amides is 2. The van der Waals surface area contributed by atoms with Crippen LogP contribution in [-0.4, -0.2) is 44.6 Å². The van der Waals surface area contributed by atoms with Crippen molar-refractivity contribution in [3.05, 3.63) is 95.1 Å². The Morgan fingerprint density at radius 3 is 2.29 bits per heavy atom. The van der Waals surface area contributed by atoms with Gasteiger partial charge in [-0.15, -0.1) is 0 Å². The lowest BCUT2D eigenvalue weighted by molar-refractivity contribution is 0.0929. The molecule has 2 N–H and O–H groups in total. The van der Waals surface area contributed by atoms with E-state index < -0.39 is 0 Å². The van der Waals surface area contributed by atoms with Gasteiger partial charge >= 0.3 is 0 Å².